The highest BCUT2D eigenvalue weighted by Crippen LogP contribution is 2.33. The normalized spacial score (nSPS) is 22.8. The predicted molar refractivity (Wildman–Crippen MR) is 101 cm³/mol. The molecule has 2 fully saturated rings. The van der Waals surface area contributed by atoms with Gasteiger partial charge in [-0.05, 0) is 77.5 Å². The Morgan fingerprint density at radius 3 is 2.52 bits per heavy atom. The van der Waals surface area contributed by atoms with Crippen molar-refractivity contribution >= 4 is 11.6 Å². The number of ether oxygens (including phenoxy) is 1. The van der Waals surface area contributed by atoms with E-state index in [9.17, 15) is 4.79 Å². The van der Waals surface area contributed by atoms with Crippen LogP contribution in [0.15, 0.2) is 24.3 Å². The van der Waals surface area contributed by atoms with Crippen LogP contribution in [0.5, 0.6) is 5.75 Å². The van der Waals surface area contributed by atoms with Crippen LogP contribution in [0.2, 0.25) is 0 Å². The van der Waals surface area contributed by atoms with Crippen LogP contribution in [0.25, 0.3) is 0 Å². The maximum Gasteiger partial charge on any atom is 0.244 e. The first kappa shape index (κ1) is 18.2. The summed E-state index contributed by atoms with van der Waals surface area (Å²) in [5.41, 5.74) is 0.901. The van der Waals surface area contributed by atoms with Crippen molar-refractivity contribution in [2.24, 2.45) is 5.92 Å². The van der Waals surface area contributed by atoms with Crippen LogP contribution in [-0.4, -0.2) is 69.1 Å². The number of carbonyl (C=O) groups excluding carboxylic acids is 1. The summed E-state index contributed by atoms with van der Waals surface area (Å²) in [6, 6.07) is 7.85. The Balaban J connectivity index is 1.58. The summed E-state index contributed by atoms with van der Waals surface area (Å²) in [5, 5.41) is 0. The van der Waals surface area contributed by atoms with Gasteiger partial charge in [0.25, 0.3) is 0 Å². The molecule has 2 aliphatic rings. The van der Waals surface area contributed by atoms with Crippen molar-refractivity contribution in [3.05, 3.63) is 24.3 Å². The molecule has 25 heavy (non-hydrogen) atoms. The number of nitrogens with zero attached hydrogens (tertiary/aromatic N) is 3. The standard InChI is InChI=1S/C20H31N3O2/c1-21(2)12-8-16-9-13-22(14-10-16)18-11-15-23(20(18)24)17-6-4-5-7-19(17)25-3/h4-7,16,18H,8-15H2,1-3H3. The molecule has 0 radical (unpaired) electrons. The van der Waals surface area contributed by atoms with Crippen molar-refractivity contribution in [1.29, 1.82) is 0 Å². The molecule has 0 N–H and O–H groups in total. The van der Waals surface area contributed by atoms with Gasteiger partial charge < -0.3 is 14.5 Å². The molecule has 2 heterocycles. The fourth-order valence-corrected chi connectivity index (χ4v) is 4.09. The highest BCUT2D eigenvalue weighted by molar-refractivity contribution is 6.00. The molecular weight excluding hydrogens is 314 g/mol. The minimum Gasteiger partial charge on any atom is -0.495 e. The van der Waals surface area contributed by atoms with E-state index < -0.39 is 0 Å². The molecule has 5 heteroatoms. The van der Waals surface area contributed by atoms with E-state index in [4.69, 9.17) is 4.74 Å². The van der Waals surface area contributed by atoms with Crippen molar-refractivity contribution in [2.45, 2.75) is 31.7 Å². The van der Waals surface area contributed by atoms with Crippen molar-refractivity contribution in [2.75, 3.05) is 52.3 Å². The fourth-order valence-electron chi connectivity index (χ4n) is 4.09. The molecule has 1 amide bonds. The lowest BCUT2D eigenvalue weighted by atomic mass is 9.92. The van der Waals surface area contributed by atoms with Gasteiger partial charge in [0, 0.05) is 6.54 Å². The van der Waals surface area contributed by atoms with Gasteiger partial charge in [0.1, 0.15) is 5.75 Å². The van der Waals surface area contributed by atoms with E-state index in [1.807, 2.05) is 29.2 Å². The van der Waals surface area contributed by atoms with Gasteiger partial charge in [-0.3, -0.25) is 9.69 Å². The van der Waals surface area contributed by atoms with Crippen molar-refractivity contribution in [1.82, 2.24) is 9.80 Å². The molecule has 5 nitrogen and oxygen atoms in total. The van der Waals surface area contributed by atoms with Crippen LogP contribution >= 0.6 is 0 Å². The van der Waals surface area contributed by atoms with Crippen LogP contribution < -0.4 is 9.64 Å². The maximum absolute atomic E-state index is 13.0. The van der Waals surface area contributed by atoms with Gasteiger partial charge in [0.2, 0.25) is 5.91 Å². The third-order valence-electron chi connectivity index (χ3n) is 5.63. The largest absolute Gasteiger partial charge is 0.495 e. The topological polar surface area (TPSA) is 36.0 Å². The number of para-hydroxylation sites is 2. The first-order valence-electron chi connectivity index (χ1n) is 9.43. The molecule has 3 rings (SSSR count). The molecule has 0 aromatic heterocycles. The molecule has 0 aliphatic carbocycles. The maximum atomic E-state index is 13.0. The number of hydrogen-bond acceptors (Lipinski definition) is 4. The van der Waals surface area contributed by atoms with E-state index >= 15 is 0 Å². The minimum absolute atomic E-state index is 0.0414. The summed E-state index contributed by atoms with van der Waals surface area (Å²) in [5.74, 6) is 1.82. The van der Waals surface area contributed by atoms with Gasteiger partial charge in [-0.25, -0.2) is 0 Å². The fraction of sp³-hybridized carbons (Fsp3) is 0.650. The third-order valence-corrected chi connectivity index (χ3v) is 5.63. The SMILES string of the molecule is COc1ccccc1N1CCC(N2CCC(CCN(C)C)CC2)C1=O. The first-order valence-corrected chi connectivity index (χ1v) is 9.43. The molecule has 1 aromatic carbocycles. The van der Waals surface area contributed by atoms with E-state index in [2.05, 4.69) is 23.9 Å². The van der Waals surface area contributed by atoms with Crippen LogP contribution in [-0.2, 0) is 4.79 Å². The number of piperidine rings is 1. The van der Waals surface area contributed by atoms with Crippen molar-refractivity contribution in [3.63, 3.8) is 0 Å². The summed E-state index contributed by atoms with van der Waals surface area (Å²) >= 11 is 0. The average Bonchev–Trinajstić information content (AvgIpc) is 3.01. The number of anilines is 1. The van der Waals surface area contributed by atoms with Crippen LogP contribution in [0.1, 0.15) is 25.7 Å². The number of carbonyl (C=O) groups is 1. The second-order valence-electron chi connectivity index (χ2n) is 7.54. The summed E-state index contributed by atoms with van der Waals surface area (Å²) < 4.78 is 5.44. The zero-order valence-electron chi connectivity index (χ0n) is 15.8. The number of rotatable bonds is 6. The first-order chi connectivity index (χ1) is 12.1. The highest BCUT2D eigenvalue weighted by atomic mass is 16.5. The molecule has 1 atom stereocenters. The number of methoxy groups -OCH3 is 1. The lowest BCUT2D eigenvalue weighted by Gasteiger charge is -2.35. The van der Waals surface area contributed by atoms with E-state index in [0.717, 1.165) is 50.0 Å². The highest BCUT2D eigenvalue weighted by Gasteiger charge is 2.38. The molecule has 2 aliphatic heterocycles. The summed E-state index contributed by atoms with van der Waals surface area (Å²) in [6.07, 6.45) is 4.62. The zero-order chi connectivity index (χ0) is 17.8. The van der Waals surface area contributed by atoms with Gasteiger partial charge >= 0.3 is 0 Å². The predicted octanol–water partition coefficient (Wildman–Crippen LogP) is 2.46. The Bertz CT molecular complexity index is 582. The summed E-state index contributed by atoms with van der Waals surface area (Å²) in [4.78, 5) is 19.6. The van der Waals surface area contributed by atoms with Gasteiger partial charge in [0.05, 0.1) is 18.8 Å². The third kappa shape index (κ3) is 4.15. The van der Waals surface area contributed by atoms with Gasteiger partial charge in [0.15, 0.2) is 0 Å². The lowest BCUT2D eigenvalue weighted by Crippen LogP contribution is -2.46. The van der Waals surface area contributed by atoms with Crippen LogP contribution in [0.3, 0.4) is 0 Å². The monoisotopic (exact) mass is 345 g/mol. The van der Waals surface area contributed by atoms with Crippen LogP contribution in [0.4, 0.5) is 5.69 Å². The Morgan fingerprint density at radius 1 is 1.12 bits per heavy atom. The Morgan fingerprint density at radius 2 is 1.84 bits per heavy atom. The molecule has 138 valence electrons. The lowest BCUT2D eigenvalue weighted by molar-refractivity contribution is -0.122. The Labute approximate surface area is 151 Å². The summed E-state index contributed by atoms with van der Waals surface area (Å²) in [7, 11) is 5.94. The average molecular weight is 345 g/mol. The van der Waals surface area contributed by atoms with Gasteiger partial charge in [-0.2, -0.15) is 0 Å². The van der Waals surface area contributed by atoms with Crippen molar-refractivity contribution in [3.8, 4) is 5.75 Å². The van der Waals surface area contributed by atoms with Crippen LogP contribution in [0, 0.1) is 5.92 Å². The van der Waals surface area contributed by atoms with E-state index in [-0.39, 0.29) is 11.9 Å². The molecule has 0 spiro atoms. The minimum atomic E-state index is 0.0414. The van der Waals surface area contributed by atoms with E-state index in [1.165, 1.54) is 19.3 Å². The number of hydrogen-bond donors (Lipinski definition) is 0. The van der Waals surface area contributed by atoms with Gasteiger partial charge in [-0.1, -0.05) is 12.1 Å². The second kappa shape index (κ2) is 8.19. The number of amides is 1. The molecular formula is C20H31N3O2. The molecule has 0 saturated carbocycles. The smallest absolute Gasteiger partial charge is 0.244 e. The number of benzene rings is 1. The molecule has 1 unspecified atom stereocenters. The van der Waals surface area contributed by atoms with E-state index in [0.29, 0.717) is 0 Å². The van der Waals surface area contributed by atoms with Crippen molar-refractivity contribution < 1.29 is 9.53 Å². The summed E-state index contributed by atoms with van der Waals surface area (Å²) in [6.45, 7) is 4.04. The van der Waals surface area contributed by atoms with E-state index in [1.54, 1.807) is 7.11 Å². The molecule has 0 bridgehead atoms. The number of likely N-dealkylation sites (tertiary alicyclic amines) is 1. The Hall–Kier alpha value is -1.59. The zero-order valence-corrected chi connectivity index (χ0v) is 15.8. The second-order valence-corrected chi connectivity index (χ2v) is 7.54. The quantitative estimate of drug-likeness (QED) is 0.794. The molecule has 1 aromatic rings. The molecule has 2 saturated heterocycles. The Kier molecular flexibility index (Phi) is 5.97. The van der Waals surface area contributed by atoms with Gasteiger partial charge in [-0.15, -0.1) is 0 Å².